The Hall–Kier alpha value is -2.92. The van der Waals surface area contributed by atoms with Gasteiger partial charge in [0.2, 0.25) is 5.95 Å². The summed E-state index contributed by atoms with van der Waals surface area (Å²) in [7, 11) is 0. The molecule has 0 amide bonds. The lowest BCUT2D eigenvalue weighted by Crippen LogP contribution is -2.32. The van der Waals surface area contributed by atoms with Gasteiger partial charge >= 0.3 is 0 Å². The van der Waals surface area contributed by atoms with Crippen LogP contribution in [0.5, 0.6) is 0 Å². The van der Waals surface area contributed by atoms with Crippen molar-refractivity contribution in [1.82, 2.24) is 14.9 Å². The van der Waals surface area contributed by atoms with Crippen molar-refractivity contribution in [2.24, 2.45) is 5.92 Å². The normalized spacial score (nSPS) is 15.5. The first kappa shape index (κ1) is 18.4. The topological polar surface area (TPSA) is 61.0 Å². The van der Waals surface area contributed by atoms with E-state index in [1.54, 1.807) is 0 Å². The van der Waals surface area contributed by atoms with Gasteiger partial charge in [0.05, 0.1) is 5.69 Å². The molecule has 1 saturated heterocycles. The molecule has 0 aliphatic carbocycles. The summed E-state index contributed by atoms with van der Waals surface area (Å²) in [5.41, 5.74) is 3.61. The Morgan fingerprint density at radius 2 is 1.79 bits per heavy atom. The molecule has 0 unspecified atom stereocenters. The van der Waals surface area contributed by atoms with E-state index in [1.807, 2.05) is 42.5 Å². The van der Waals surface area contributed by atoms with Gasteiger partial charge in [0.15, 0.2) is 0 Å². The highest BCUT2D eigenvalue weighted by Gasteiger charge is 2.15. The smallest absolute Gasteiger partial charge is 0.252 e. The van der Waals surface area contributed by atoms with E-state index in [0.29, 0.717) is 11.6 Å². The number of benzene rings is 2. The molecule has 1 aliphatic rings. The lowest BCUT2D eigenvalue weighted by molar-refractivity contribution is 0.185. The number of nitrogens with one attached hydrogen (secondary N) is 2. The third kappa shape index (κ3) is 4.67. The highest BCUT2D eigenvalue weighted by atomic mass is 16.1. The van der Waals surface area contributed by atoms with Crippen LogP contribution in [-0.4, -0.2) is 28.0 Å². The van der Waals surface area contributed by atoms with E-state index in [0.717, 1.165) is 23.7 Å². The predicted molar refractivity (Wildman–Crippen MR) is 114 cm³/mol. The fourth-order valence-corrected chi connectivity index (χ4v) is 3.58. The van der Waals surface area contributed by atoms with E-state index in [4.69, 9.17) is 0 Å². The fraction of sp³-hybridized carbons (Fsp3) is 0.304. The monoisotopic (exact) mass is 374 g/mol. The van der Waals surface area contributed by atoms with Crippen LogP contribution in [0.4, 0.5) is 11.6 Å². The molecule has 144 valence electrons. The third-order valence-electron chi connectivity index (χ3n) is 5.31. The predicted octanol–water partition coefficient (Wildman–Crippen LogP) is 4.41. The van der Waals surface area contributed by atoms with Crippen LogP contribution in [0.1, 0.15) is 25.3 Å². The van der Waals surface area contributed by atoms with Crippen LogP contribution in [0.15, 0.2) is 65.5 Å². The number of aromatic amines is 1. The van der Waals surface area contributed by atoms with Gasteiger partial charge in [0, 0.05) is 23.9 Å². The number of rotatable bonds is 5. The molecule has 2 heterocycles. The summed E-state index contributed by atoms with van der Waals surface area (Å²) in [5, 5.41) is 3.21. The number of anilines is 2. The number of nitrogens with zero attached hydrogens (tertiary/aromatic N) is 2. The van der Waals surface area contributed by atoms with E-state index in [9.17, 15) is 4.79 Å². The Morgan fingerprint density at radius 1 is 1.07 bits per heavy atom. The van der Waals surface area contributed by atoms with Crippen molar-refractivity contribution in [3.8, 4) is 11.3 Å². The summed E-state index contributed by atoms with van der Waals surface area (Å²) in [6.07, 6.45) is 2.58. The van der Waals surface area contributed by atoms with E-state index in [1.165, 1.54) is 37.6 Å². The number of H-pyrrole nitrogens is 1. The van der Waals surface area contributed by atoms with Crippen LogP contribution >= 0.6 is 0 Å². The van der Waals surface area contributed by atoms with Gasteiger partial charge in [0.25, 0.3) is 5.56 Å². The molecule has 5 heteroatoms. The molecule has 1 aromatic heterocycles. The summed E-state index contributed by atoms with van der Waals surface area (Å²) in [5.74, 6) is 1.30. The maximum atomic E-state index is 12.0. The number of likely N-dealkylation sites (tertiary alicyclic amines) is 1. The van der Waals surface area contributed by atoms with Crippen molar-refractivity contribution in [2.45, 2.75) is 26.3 Å². The molecule has 2 N–H and O–H groups in total. The average molecular weight is 374 g/mol. The Balaban J connectivity index is 1.44. The van der Waals surface area contributed by atoms with Crippen molar-refractivity contribution in [1.29, 1.82) is 0 Å². The van der Waals surface area contributed by atoms with Crippen molar-refractivity contribution in [3.05, 3.63) is 76.6 Å². The zero-order chi connectivity index (χ0) is 19.3. The van der Waals surface area contributed by atoms with Crippen molar-refractivity contribution < 1.29 is 0 Å². The van der Waals surface area contributed by atoms with Crippen molar-refractivity contribution >= 4 is 11.6 Å². The standard InChI is InChI=1S/C23H26N4O/c1-17-11-13-27(14-12-17)16-18-7-9-20(10-8-18)24-23-25-21(15-22(28)26-23)19-5-3-2-4-6-19/h2-10,15,17H,11-14,16H2,1H3,(H2,24,25,26,28). The second-order valence-corrected chi connectivity index (χ2v) is 7.63. The molecule has 28 heavy (non-hydrogen) atoms. The van der Waals surface area contributed by atoms with Gasteiger partial charge in [-0.2, -0.15) is 0 Å². The minimum absolute atomic E-state index is 0.174. The van der Waals surface area contributed by atoms with E-state index in [-0.39, 0.29) is 5.56 Å². The molecule has 0 bridgehead atoms. The van der Waals surface area contributed by atoms with Crippen LogP contribution in [0.2, 0.25) is 0 Å². The molecule has 0 saturated carbocycles. The maximum absolute atomic E-state index is 12.0. The first-order chi connectivity index (χ1) is 13.7. The molecular formula is C23H26N4O. The minimum atomic E-state index is -0.174. The zero-order valence-corrected chi connectivity index (χ0v) is 16.2. The number of hydrogen-bond acceptors (Lipinski definition) is 4. The number of hydrogen-bond donors (Lipinski definition) is 2. The quantitative estimate of drug-likeness (QED) is 0.694. The minimum Gasteiger partial charge on any atom is -0.326 e. The molecule has 0 radical (unpaired) electrons. The van der Waals surface area contributed by atoms with Crippen LogP contribution in [-0.2, 0) is 6.54 Å². The van der Waals surface area contributed by atoms with Crippen LogP contribution in [0, 0.1) is 5.92 Å². The Kier molecular flexibility index (Phi) is 5.53. The molecule has 5 nitrogen and oxygen atoms in total. The van der Waals surface area contributed by atoms with Crippen LogP contribution < -0.4 is 10.9 Å². The Bertz CT molecular complexity index is 958. The van der Waals surface area contributed by atoms with E-state index < -0.39 is 0 Å². The Morgan fingerprint density at radius 3 is 2.50 bits per heavy atom. The molecular weight excluding hydrogens is 348 g/mol. The zero-order valence-electron chi connectivity index (χ0n) is 16.2. The molecule has 0 atom stereocenters. The number of piperidine rings is 1. The van der Waals surface area contributed by atoms with Gasteiger partial charge in [-0.3, -0.25) is 14.7 Å². The summed E-state index contributed by atoms with van der Waals surface area (Å²) in [4.78, 5) is 21.9. The van der Waals surface area contributed by atoms with Gasteiger partial charge in [0.1, 0.15) is 0 Å². The highest BCUT2D eigenvalue weighted by molar-refractivity contribution is 5.61. The summed E-state index contributed by atoms with van der Waals surface area (Å²) < 4.78 is 0. The maximum Gasteiger partial charge on any atom is 0.252 e. The van der Waals surface area contributed by atoms with Gasteiger partial charge in [-0.25, -0.2) is 4.98 Å². The van der Waals surface area contributed by atoms with Crippen LogP contribution in [0.25, 0.3) is 11.3 Å². The summed E-state index contributed by atoms with van der Waals surface area (Å²) in [6, 6.07) is 19.6. The SMILES string of the molecule is CC1CCN(Cc2ccc(Nc3nc(-c4ccccc4)cc(=O)[nH]3)cc2)CC1. The first-order valence-electron chi connectivity index (χ1n) is 9.91. The van der Waals surface area contributed by atoms with Gasteiger partial charge in [-0.1, -0.05) is 49.4 Å². The van der Waals surface area contributed by atoms with Gasteiger partial charge in [-0.15, -0.1) is 0 Å². The molecule has 0 spiro atoms. The van der Waals surface area contributed by atoms with Crippen molar-refractivity contribution in [2.75, 3.05) is 18.4 Å². The fourth-order valence-electron chi connectivity index (χ4n) is 3.58. The van der Waals surface area contributed by atoms with E-state index in [2.05, 4.69) is 39.2 Å². The van der Waals surface area contributed by atoms with Crippen molar-refractivity contribution in [3.63, 3.8) is 0 Å². The highest BCUT2D eigenvalue weighted by Crippen LogP contribution is 2.21. The van der Waals surface area contributed by atoms with E-state index >= 15 is 0 Å². The summed E-state index contributed by atoms with van der Waals surface area (Å²) >= 11 is 0. The molecule has 3 aromatic rings. The molecule has 2 aromatic carbocycles. The summed E-state index contributed by atoms with van der Waals surface area (Å²) in [6.45, 7) is 5.69. The third-order valence-corrected chi connectivity index (χ3v) is 5.31. The second kappa shape index (κ2) is 8.40. The number of aromatic nitrogens is 2. The average Bonchev–Trinajstić information content (AvgIpc) is 2.71. The molecule has 4 rings (SSSR count). The largest absolute Gasteiger partial charge is 0.326 e. The first-order valence-corrected chi connectivity index (χ1v) is 9.91. The van der Waals surface area contributed by atoms with Crippen LogP contribution in [0.3, 0.4) is 0 Å². The lowest BCUT2D eigenvalue weighted by atomic mass is 9.99. The lowest BCUT2D eigenvalue weighted by Gasteiger charge is -2.30. The second-order valence-electron chi connectivity index (χ2n) is 7.63. The molecule has 1 aliphatic heterocycles. The van der Waals surface area contributed by atoms with Gasteiger partial charge < -0.3 is 5.32 Å². The van der Waals surface area contributed by atoms with Gasteiger partial charge in [-0.05, 0) is 49.5 Å². The molecule has 1 fully saturated rings. The Labute approximate surface area is 165 Å².